The van der Waals surface area contributed by atoms with Crippen LogP contribution in [0.15, 0.2) is 35.1 Å². The van der Waals surface area contributed by atoms with Gasteiger partial charge in [-0.05, 0) is 12.1 Å². The van der Waals surface area contributed by atoms with Crippen LogP contribution >= 0.6 is 11.6 Å². The SMILES string of the molecule is O=C(O)c1cc(=O)[nH]n1-c1ccccc1Cl. The molecule has 1 heterocycles. The maximum absolute atomic E-state index is 11.1. The van der Waals surface area contributed by atoms with E-state index in [9.17, 15) is 9.59 Å². The number of carboxylic acid groups (broad SMARTS) is 1. The van der Waals surface area contributed by atoms with Crippen molar-refractivity contribution in [3.63, 3.8) is 0 Å². The fraction of sp³-hybridized carbons (Fsp3) is 0. The molecule has 2 N–H and O–H groups in total. The van der Waals surface area contributed by atoms with E-state index in [2.05, 4.69) is 5.10 Å². The third-order valence-electron chi connectivity index (χ3n) is 2.04. The molecule has 6 heteroatoms. The standard InChI is InChI=1S/C10H7ClN2O3/c11-6-3-1-2-4-7(6)13-8(10(15)16)5-9(14)12-13/h1-5H,(H,12,14)(H,15,16). The van der Waals surface area contributed by atoms with E-state index < -0.39 is 11.5 Å². The predicted molar refractivity (Wildman–Crippen MR) is 58.4 cm³/mol. The number of nitrogens with one attached hydrogen (secondary N) is 1. The Balaban J connectivity index is 2.69. The molecule has 0 aliphatic carbocycles. The van der Waals surface area contributed by atoms with Gasteiger partial charge in [0.05, 0.1) is 10.7 Å². The van der Waals surface area contributed by atoms with Gasteiger partial charge >= 0.3 is 5.97 Å². The van der Waals surface area contributed by atoms with Gasteiger partial charge in [-0.2, -0.15) is 0 Å². The number of carboxylic acids is 1. The van der Waals surface area contributed by atoms with E-state index in [1.54, 1.807) is 24.3 Å². The Morgan fingerprint density at radius 2 is 2.06 bits per heavy atom. The first-order valence-corrected chi connectivity index (χ1v) is 4.77. The lowest BCUT2D eigenvalue weighted by Crippen LogP contribution is -2.09. The van der Waals surface area contributed by atoms with Gasteiger partial charge in [-0.1, -0.05) is 23.7 Å². The minimum atomic E-state index is -1.20. The Bertz CT molecular complexity index is 600. The van der Waals surface area contributed by atoms with Crippen molar-refractivity contribution < 1.29 is 9.90 Å². The number of nitrogens with zero attached hydrogens (tertiary/aromatic N) is 1. The van der Waals surface area contributed by atoms with E-state index in [1.165, 1.54) is 0 Å². The molecule has 0 unspecified atom stereocenters. The molecule has 0 fully saturated rings. The van der Waals surface area contributed by atoms with Crippen LogP contribution in [0.3, 0.4) is 0 Å². The fourth-order valence-electron chi connectivity index (χ4n) is 1.37. The minimum absolute atomic E-state index is 0.155. The number of aromatic nitrogens is 2. The number of hydrogen-bond acceptors (Lipinski definition) is 2. The normalized spacial score (nSPS) is 10.3. The third kappa shape index (κ3) is 1.72. The molecule has 0 atom stereocenters. The molecule has 0 radical (unpaired) electrons. The maximum atomic E-state index is 11.1. The van der Waals surface area contributed by atoms with E-state index in [0.717, 1.165) is 10.7 Å². The number of para-hydroxylation sites is 1. The van der Waals surface area contributed by atoms with Crippen LogP contribution in [0.2, 0.25) is 5.02 Å². The fourth-order valence-corrected chi connectivity index (χ4v) is 1.59. The quantitative estimate of drug-likeness (QED) is 0.833. The van der Waals surface area contributed by atoms with Crippen molar-refractivity contribution in [2.45, 2.75) is 0 Å². The van der Waals surface area contributed by atoms with Crippen molar-refractivity contribution in [2.24, 2.45) is 0 Å². The number of carbonyl (C=O) groups is 1. The van der Waals surface area contributed by atoms with Gasteiger partial charge in [0.25, 0.3) is 5.56 Å². The lowest BCUT2D eigenvalue weighted by molar-refractivity contribution is 0.0687. The molecule has 1 aromatic carbocycles. The van der Waals surface area contributed by atoms with E-state index in [4.69, 9.17) is 16.7 Å². The molecule has 0 aliphatic heterocycles. The van der Waals surface area contributed by atoms with Crippen molar-refractivity contribution in [1.29, 1.82) is 0 Å². The zero-order chi connectivity index (χ0) is 11.7. The van der Waals surface area contributed by atoms with Crippen LogP contribution in [-0.4, -0.2) is 20.9 Å². The zero-order valence-electron chi connectivity index (χ0n) is 7.98. The van der Waals surface area contributed by atoms with Gasteiger partial charge in [0, 0.05) is 6.07 Å². The minimum Gasteiger partial charge on any atom is -0.477 e. The average molecular weight is 239 g/mol. The molecule has 0 spiro atoms. The smallest absolute Gasteiger partial charge is 0.354 e. The molecular weight excluding hydrogens is 232 g/mol. The number of halogens is 1. The molecular formula is C10H7ClN2O3. The van der Waals surface area contributed by atoms with Crippen LogP contribution in [0, 0.1) is 0 Å². The summed E-state index contributed by atoms with van der Waals surface area (Å²) in [7, 11) is 0. The van der Waals surface area contributed by atoms with Crippen molar-refractivity contribution in [3.8, 4) is 5.69 Å². The van der Waals surface area contributed by atoms with Gasteiger partial charge in [0.1, 0.15) is 0 Å². The number of H-pyrrole nitrogens is 1. The van der Waals surface area contributed by atoms with Gasteiger partial charge in [-0.3, -0.25) is 9.89 Å². The first kappa shape index (κ1) is 10.5. The highest BCUT2D eigenvalue weighted by Gasteiger charge is 2.14. The summed E-state index contributed by atoms with van der Waals surface area (Å²) in [6.07, 6.45) is 0. The summed E-state index contributed by atoms with van der Waals surface area (Å²) in [5.74, 6) is -1.20. The molecule has 0 saturated heterocycles. The second-order valence-corrected chi connectivity index (χ2v) is 3.50. The summed E-state index contributed by atoms with van der Waals surface area (Å²) >= 11 is 5.91. The van der Waals surface area contributed by atoms with Crippen LogP contribution in [0.4, 0.5) is 0 Å². The molecule has 5 nitrogen and oxygen atoms in total. The first-order chi connectivity index (χ1) is 7.59. The summed E-state index contributed by atoms with van der Waals surface area (Å²) in [6.45, 7) is 0. The van der Waals surface area contributed by atoms with E-state index >= 15 is 0 Å². The molecule has 0 bridgehead atoms. The lowest BCUT2D eigenvalue weighted by Gasteiger charge is -2.06. The van der Waals surface area contributed by atoms with Gasteiger partial charge in [0.2, 0.25) is 0 Å². The maximum Gasteiger partial charge on any atom is 0.354 e. The van der Waals surface area contributed by atoms with Crippen LogP contribution in [0.25, 0.3) is 5.69 Å². The van der Waals surface area contributed by atoms with Gasteiger partial charge in [-0.15, -0.1) is 0 Å². The molecule has 82 valence electrons. The van der Waals surface area contributed by atoms with Crippen LogP contribution in [-0.2, 0) is 0 Å². The largest absolute Gasteiger partial charge is 0.477 e. The Morgan fingerprint density at radius 1 is 1.38 bits per heavy atom. The first-order valence-electron chi connectivity index (χ1n) is 4.40. The van der Waals surface area contributed by atoms with E-state index in [0.29, 0.717) is 10.7 Å². The van der Waals surface area contributed by atoms with Crippen molar-refractivity contribution in [1.82, 2.24) is 9.78 Å². The molecule has 2 rings (SSSR count). The van der Waals surface area contributed by atoms with E-state index in [-0.39, 0.29) is 5.69 Å². The van der Waals surface area contributed by atoms with Crippen LogP contribution in [0.5, 0.6) is 0 Å². The van der Waals surface area contributed by atoms with Gasteiger partial charge < -0.3 is 5.11 Å². The number of hydrogen-bond donors (Lipinski definition) is 2. The van der Waals surface area contributed by atoms with Gasteiger partial charge in [0.15, 0.2) is 5.69 Å². The number of rotatable bonds is 2. The Kier molecular flexibility index (Phi) is 2.54. The Labute approximate surface area is 94.9 Å². The summed E-state index contributed by atoms with van der Waals surface area (Å²) < 4.78 is 1.15. The molecule has 0 saturated carbocycles. The summed E-state index contributed by atoms with van der Waals surface area (Å²) in [6, 6.07) is 7.65. The third-order valence-corrected chi connectivity index (χ3v) is 2.36. The summed E-state index contributed by atoms with van der Waals surface area (Å²) in [5, 5.41) is 11.6. The lowest BCUT2D eigenvalue weighted by atomic mass is 10.3. The predicted octanol–water partition coefficient (Wildman–Crippen LogP) is 1.52. The second-order valence-electron chi connectivity index (χ2n) is 3.10. The van der Waals surface area contributed by atoms with Crippen molar-refractivity contribution >= 4 is 17.6 Å². The Morgan fingerprint density at radius 3 is 2.69 bits per heavy atom. The zero-order valence-corrected chi connectivity index (χ0v) is 8.73. The topological polar surface area (TPSA) is 75.1 Å². The monoisotopic (exact) mass is 238 g/mol. The van der Waals surface area contributed by atoms with Crippen molar-refractivity contribution in [2.75, 3.05) is 0 Å². The van der Waals surface area contributed by atoms with Gasteiger partial charge in [-0.25, -0.2) is 9.48 Å². The molecule has 1 aromatic heterocycles. The average Bonchev–Trinajstić information content (AvgIpc) is 2.61. The highest BCUT2D eigenvalue weighted by atomic mass is 35.5. The molecule has 2 aromatic rings. The van der Waals surface area contributed by atoms with Crippen molar-refractivity contribution in [3.05, 3.63) is 51.4 Å². The number of benzene rings is 1. The second kappa shape index (κ2) is 3.86. The summed E-state index contributed by atoms with van der Waals surface area (Å²) in [4.78, 5) is 22.0. The number of aromatic carboxylic acids is 1. The molecule has 0 amide bonds. The summed E-state index contributed by atoms with van der Waals surface area (Å²) in [5.41, 5.74) is -0.223. The van der Waals surface area contributed by atoms with E-state index in [1.807, 2.05) is 0 Å². The highest BCUT2D eigenvalue weighted by molar-refractivity contribution is 6.32. The molecule has 16 heavy (non-hydrogen) atoms. The highest BCUT2D eigenvalue weighted by Crippen LogP contribution is 2.19. The van der Waals surface area contributed by atoms with Crippen LogP contribution < -0.4 is 5.56 Å². The van der Waals surface area contributed by atoms with Crippen LogP contribution in [0.1, 0.15) is 10.5 Å². The molecule has 0 aliphatic rings. The number of aromatic amines is 1. The Hall–Kier alpha value is -2.01.